The summed E-state index contributed by atoms with van der Waals surface area (Å²) in [6.45, 7) is 7.45. The smallest absolute Gasteiger partial charge is 0.155 e. The van der Waals surface area contributed by atoms with Crippen molar-refractivity contribution >= 4 is 22.6 Å². The third kappa shape index (κ3) is 4.43. The number of fused-ring (bicyclic) bond motifs is 1. The van der Waals surface area contributed by atoms with Crippen molar-refractivity contribution in [3.05, 3.63) is 94.5 Å². The normalized spacial score (nSPS) is 16.0. The van der Waals surface area contributed by atoms with E-state index < -0.39 is 0 Å². The molecule has 0 amide bonds. The van der Waals surface area contributed by atoms with Crippen molar-refractivity contribution in [3.8, 4) is 0 Å². The van der Waals surface area contributed by atoms with E-state index in [-0.39, 0.29) is 5.41 Å². The molecule has 0 spiro atoms. The van der Waals surface area contributed by atoms with E-state index in [1.807, 2.05) is 0 Å². The molecule has 2 heterocycles. The Kier molecular flexibility index (Phi) is 5.36. The highest BCUT2D eigenvalue weighted by Crippen LogP contribution is 2.36. The first-order valence-corrected chi connectivity index (χ1v) is 12.6. The number of hydrogen-bond acceptors (Lipinski definition) is 4. The lowest BCUT2D eigenvalue weighted by Crippen LogP contribution is -2.16. The zero-order chi connectivity index (χ0) is 24.0. The van der Waals surface area contributed by atoms with Crippen LogP contribution in [0.5, 0.6) is 0 Å². The maximum atomic E-state index is 4.95. The molecule has 2 aliphatic rings. The largest absolute Gasteiger partial charge is 0.260 e. The van der Waals surface area contributed by atoms with E-state index in [1.165, 1.54) is 29.5 Å². The molecule has 176 valence electrons. The van der Waals surface area contributed by atoms with E-state index in [0.29, 0.717) is 12.6 Å². The maximum Gasteiger partial charge on any atom is 0.155 e. The van der Waals surface area contributed by atoms with Crippen LogP contribution in [0, 0.1) is 0 Å². The Balaban J connectivity index is 1.26. The van der Waals surface area contributed by atoms with Gasteiger partial charge in [0.15, 0.2) is 5.84 Å². The van der Waals surface area contributed by atoms with E-state index in [0.717, 1.165) is 46.5 Å². The van der Waals surface area contributed by atoms with E-state index in [1.54, 1.807) is 0 Å². The number of rotatable bonds is 6. The summed E-state index contributed by atoms with van der Waals surface area (Å²) in [4.78, 5) is 9.75. The fourth-order valence-electron chi connectivity index (χ4n) is 4.93. The van der Waals surface area contributed by atoms with Gasteiger partial charge in [0.05, 0.1) is 23.8 Å². The molecule has 4 aromatic rings. The number of benzene rings is 3. The molecule has 5 heteroatoms. The summed E-state index contributed by atoms with van der Waals surface area (Å²) < 4.78 is 2.06. The van der Waals surface area contributed by atoms with E-state index in [9.17, 15) is 0 Å². The Morgan fingerprint density at radius 3 is 2.46 bits per heavy atom. The molecule has 1 saturated carbocycles. The second kappa shape index (κ2) is 8.56. The molecule has 35 heavy (non-hydrogen) atoms. The van der Waals surface area contributed by atoms with E-state index in [2.05, 4.69) is 102 Å². The zero-order valence-electron chi connectivity index (χ0n) is 20.7. The van der Waals surface area contributed by atoms with Crippen molar-refractivity contribution in [2.75, 3.05) is 6.54 Å². The van der Waals surface area contributed by atoms with Gasteiger partial charge in [0.2, 0.25) is 0 Å². The number of aliphatic imine (C=N–C) groups is 2. The lowest BCUT2D eigenvalue weighted by molar-refractivity contribution is 0.581. The van der Waals surface area contributed by atoms with Gasteiger partial charge in [-0.15, -0.1) is 5.10 Å². The summed E-state index contributed by atoms with van der Waals surface area (Å²) in [7, 11) is 0. The zero-order valence-corrected chi connectivity index (χ0v) is 20.7. The molecule has 0 unspecified atom stereocenters. The second-order valence-corrected chi connectivity index (χ2v) is 10.8. The number of aromatic nitrogens is 3. The van der Waals surface area contributed by atoms with Crippen LogP contribution in [0.1, 0.15) is 67.5 Å². The van der Waals surface area contributed by atoms with Gasteiger partial charge in [0.25, 0.3) is 0 Å². The van der Waals surface area contributed by atoms with Crippen LogP contribution in [0.25, 0.3) is 11.0 Å². The Morgan fingerprint density at radius 2 is 1.69 bits per heavy atom. The molecule has 0 N–H and O–H groups in total. The average molecular weight is 462 g/mol. The van der Waals surface area contributed by atoms with Crippen LogP contribution in [-0.4, -0.2) is 33.1 Å². The first-order valence-electron chi connectivity index (χ1n) is 12.6. The molecular formula is C30H31N5. The van der Waals surface area contributed by atoms with Crippen molar-refractivity contribution in [2.45, 2.75) is 57.9 Å². The number of amidine groups is 1. The summed E-state index contributed by atoms with van der Waals surface area (Å²) in [5.74, 6) is 0.821. The highest BCUT2D eigenvalue weighted by atomic mass is 15.4. The van der Waals surface area contributed by atoms with Gasteiger partial charge >= 0.3 is 0 Å². The van der Waals surface area contributed by atoms with Crippen LogP contribution in [0.4, 0.5) is 0 Å². The minimum Gasteiger partial charge on any atom is -0.260 e. The van der Waals surface area contributed by atoms with Crippen LogP contribution < -0.4 is 0 Å². The minimum absolute atomic E-state index is 0.0478. The van der Waals surface area contributed by atoms with Crippen molar-refractivity contribution in [1.82, 2.24) is 15.0 Å². The fourth-order valence-corrected chi connectivity index (χ4v) is 4.93. The number of aryl methyl sites for hydroxylation is 2. The molecule has 1 fully saturated rings. The highest BCUT2D eigenvalue weighted by Gasteiger charge is 2.27. The topological polar surface area (TPSA) is 55.4 Å². The van der Waals surface area contributed by atoms with Crippen molar-refractivity contribution in [3.63, 3.8) is 0 Å². The van der Waals surface area contributed by atoms with Crippen molar-refractivity contribution in [1.29, 1.82) is 0 Å². The second-order valence-electron chi connectivity index (χ2n) is 10.8. The predicted molar refractivity (Wildman–Crippen MR) is 143 cm³/mol. The van der Waals surface area contributed by atoms with Crippen molar-refractivity contribution < 1.29 is 0 Å². The van der Waals surface area contributed by atoms with Crippen molar-refractivity contribution in [2.24, 2.45) is 9.98 Å². The summed E-state index contributed by atoms with van der Waals surface area (Å²) in [6.07, 6.45) is 4.47. The third-order valence-electron chi connectivity index (χ3n) is 7.02. The van der Waals surface area contributed by atoms with Crippen LogP contribution in [-0.2, 0) is 18.3 Å². The predicted octanol–water partition coefficient (Wildman–Crippen LogP) is 6.10. The summed E-state index contributed by atoms with van der Waals surface area (Å²) in [5, 5.41) is 8.76. The average Bonchev–Trinajstić information content (AvgIpc) is 3.42. The number of hydrogen-bond donors (Lipinski definition) is 0. The van der Waals surface area contributed by atoms with Gasteiger partial charge < -0.3 is 0 Å². The van der Waals surface area contributed by atoms with Gasteiger partial charge in [-0.1, -0.05) is 74.5 Å². The van der Waals surface area contributed by atoms with Gasteiger partial charge in [-0.25, -0.2) is 9.67 Å². The molecule has 0 atom stereocenters. The molecule has 1 aliphatic carbocycles. The first-order chi connectivity index (χ1) is 17.0. The van der Waals surface area contributed by atoms with Gasteiger partial charge in [-0.05, 0) is 66.0 Å². The van der Waals surface area contributed by atoms with Crippen LogP contribution >= 0.6 is 0 Å². The lowest BCUT2D eigenvalue weighted by Gasteiger charge is -2.24. The van der Waals surface area contributed by atoms with Gasteiger partial charge in [0.1, 0.15) is 5.52 Å². The first kappa shape index (κ1) is 21.9. The standard InChI is InChI=1S/C30H31N5/c1-30(2,3)25-17-23(12-11-21(25)10-9-20-7-5-4-6-8-20)29-31-19-27(32-29)22-13-16-28-26(18-22)33-34-35(28)24-14-15-24/h4-8,11-13,16-18,24H,9-10,14-15,19H2,1-3H3. The molecule has 6 rings (SSSR count). The molecule has 1 aliphatic heterocycles. The molecule has 3 aromatic carbocycles. The monoisotopic (exact) mass is 461 g/mol. The van der Waals surface area contributed by atoms with Gasteiger partial charge in [-0.2, -0.15) is 0 Å². The molecule has 0 bridgehead atoms. The van der Waals surface area contributed by atoms with Gasteiger partial charge in [-0.3, -0.25) is 4.99 Å². The third-order valence-corrected chi connectivity index (χ3v) is 7.02. The van der Waals surface area contributed by atoms with E-state index in [4.69, 9.17) is 9.98 Å². The quantitative estimate of drug-likeness (QED) is 0.348. The molecule has 0 saturated heterocycles. The summed E-state index contributed by atoms with van der Waals surface area (Å²) in [5.41, 5.74) is 9.40. The lowest BCUT2D eigenvalue weighted by atomic mass is 9.81. The number of nitrogens with zero attached hydrogens (tertiary/aromatic N) is 5. The van der Waals surface area contributed by atoms with Crippen LogP contribution in [0.3, 0.4) is 0 Å². The van der Waals surface area contributed by atoms with E-state index >= 15 is 0 Å². The van der Waals surface area contributed by atoms with Crippen LogP contribution in [0.15, 0.2) is 76.7 Å². The highest BCUT2D eigenvalue weighted by molar-refractivity contribution is 6.17. The summed E-state index contributed by atoms with van der Waals surface area (Å²) >= 11 is 0. The molecule has 1 aromatic heterocycles. The molecular weight excluding hydrogens is 430 g/mol. The minimum atomic E-state index is 0.0478. The van der Waals surface area contributed by atoms with Crippen LogP contribution in [0.2, 0.25) is 0 Å². The fraction of sp³-hybridized carbons (Fsp3) is 0.333. The SMILES string of the molecule is CC(C)(C)c1cc(C2=NCC(c3ccc4c(c3)nnn4C3CC3)=N2)ccc1CCc1ccccc1. The Hall–Kier alpha value is -3.60. The molecule has 0 radical (unpaired) electrons. The molecule has 5 nitrogen and oxygen atoms in total. The summed E-state index contributed by atoms with van der Waals surface area (Å²) in [6, 6.07) is 24.4. The maximum absolute atomic E-state index is 4.95. The Labute approximate surface area is 206 Å². The Morgan fingerprint density at radius 1 is 0.886 bits per heavy atom. The Bertz CT molecular complexity index is 1450. The van der Waals surface area contributed by atoms with Gasteiger partial charge in [0, 0.05) is 11.1 Å².